The SMILES string of the molecule is C[C@@H](N)C(=O)N1CCCN(Cc2cscn2)CC1.Cl. The van der Waals surface area contributed by atoms with Crippen LogP contribution in [0.4, 0.5) is 0 Å². The summed E-state index contributed by atoms with van der Waals surface area (Å²) in [6.45, 7) is 6.12. The Balaban J connectivity index is 0.00000180. The van der Waals surface area contributed by atoms with Crippen molar-refractivity contribution < 1.29 is 4.79 Å². The van der Waals surface area contributed by atoms with Crippen molar-refractivity contribution in [3.05, 3.63) is 16.6 Å². The lowest BCUT2D eigenvalue weighted by Gasteiger charge is -2.23. The van der Waals surface area contributed by atoms with Gasteiger partial charge in [0.25, 0.3) is 0 Å². The molecule has 0 unspecified atom stereocenters. The van der Waals surface area contributed by atoms with Crippen molar-refractivity contribution in [2.75, 3.05) is 26.2 Å². The zero-order valence-corrected chi connectivity index (χ0v) is 12.8. The molecule has 1 amide bonds. The van der Waals surface area contributed by atoms with Crippen LogP contribution in [-0.2, 0) is 11.3 Å². The number of carbonyl (C=O) groups excluding carboxylic acids is 1. The Labute approximate surface area is 124 Å². The molecule has 0 aromatic carbocycles. The van der Waals surface area contributed by atoms with Crippen LogP contribution in [0.25, 0.3) is 0 Å². The molecule has 7 heteroatoms. The highest BCUT2D eigenvalue weighted by molar-refractivity contribution is 7.07. The van der Waals surface area contributed by atoms with Crippen LogP contribution in [0.2, 0.25) is 0 Å². The van der Waals surface area contributed by atoms with E-state index in [0.717, 1.165) is 44.8 Å². The Morgan fingerprint density at radius 1 is 1.47 bits per heavy atom. The fraction of sp³-hybridized carbons (Fsp3) is 0.667. The van der Waals surface area contributed by atoms with E-state index in [9.17, 15) is 4.79 Å². The lowest BCUT2D eigenvalue weighted by Crippen LogP contribution is -2.43. The van der Waals surface area contributed by atoms with E-state index in [1.807, 2.05) is 10.4 Å². The second-order valence-corrected chi connectivity index (χ2v) is 5.44. The number of amides is 1. The molecule has 1 aromatic heterocycles. The van der Waals surface area contributed by atoms with Gasteiger partial charge in [-0.3, -0.25) is 9.69 Å². The molecule has 19 heavy (non-hydrogen) atoms. The van der Waals surface area contributed by atoms with Gasteiger partial charge in [-0.15, -0.1) is 23.7 Å². The summed E-state index contributed by atoms with van der Waals surface area (Å²) in [6, 6.07) is -0.393. The van der Waals surface area contributed by atoms with Gasteiger partial charge in [-0.1, -0.05) is 0 Å². The maximum Gasteiger partial charge on any atom is 0.239 e. The molecule has 1 saturated heterocycles. The minimum Gasteiger partial charge on any atom is -0.340 e. The molecule has 0 radical (unpaired) electrons. The lowest BCUT2D eigenvalue weighted by atomic mass is 10.3. The average molecular weight is 305 g/mol. The van der Waals surface area contributed by atoms with Crippen LogP contribution in [0, 0.1) is 0 Å². The Kier molecular flexibility index (Phi) is 6.71. The van der Waals surface area contributed by atoms with Gasteiger partial charge in [0.05, 0.1) is 17.2 Å². The molecule has 0 bridgehead atoms. The van der Waals surface area contributed by atoms with Crippen LogP contribution in [0.5, 0.6) is 0 Å². The molecule has 2 heterocycles. The number of halogens is 1. The first-order chi connectivity index (χ1) is 8.66. The molecule has 0 spiro atoms. The molecule has 0 saturated carbocycles. The molecule has 0 aliphatic carbocycles. The number of thiazole rings is 1. The van der Waals surface area contributed by atoms with Gasteiger partial charge < -0.3 is 10.6 Å². The van der Waals surface area contributed by atoms with E-state index in [1.165, 1.54) is 0 Å². The zero-order chi connectivity index (χ0) is 13.0. The van der Waals surface area contributed by atoms with Crippen LogP contribution in [0.3, 0.4) is 0 Å². The first-order valence-electron chi connectivity index (χ1n) is 6.30. The number of rotatable bonds is 3. The summed E-state index contributed by atoms with van der Waals surface area (Å²) >= 11 is 1.62. The van der Waals surface area contributed by atoms with Crippen molar-refractivity contribution in [3.63, 3.8) is 0 Å². The average Bonchev–Trinajstić information content (AvgIpc) is 2.73. The second-order valence-electron chi connectivity index (χ2n) is 4.72. The minimum absolute atomic E-state index is 0. The summed E-state index contributed by atoms with van der Waals surface area (Å²) < 4.78 is 0. The van der Waals surface area contributed by atoms with E-state index in [2.05, 4.69) is 15.3 Å². The van der Waals surface area contributed by atoms with Crippen molar-refractivity contribution in [3.8, 4) is 0 Å². The second kappa shape index (κ2) is 7.79. The monoisotopic (exact) mass is 304 g/mol. The largest absolute Gasteiger partial charge is 0.340 e. The number of hydrogen-bond donors (Lipinski definition) is 1. The van der Waals surface area contributed by atoms with Gasteiger partial charge in [0.15, 0.2) is 0 Å². The third-order valence-corrected chi connectivity index (χ3v) is 3.79. The third-order valence-electron chi connectivity index (χ3n) is 3.16. The fourth-order valence-electron chi connectivity index (χ4n) is 2.18. The van der Waals surface area contributed by atoms with Gasteiger partial charge in [0.2, 0.25) is 5.91 Å². The molecule has 1 aliphatic heterocycles. The number of hydrogen-bond acceptors (Lipinski definition) is 5. The summed E-state index contributed by atoms with van der Waals surface area (Å²) in [5.41, 5.74) is 8.63. The summed E-state index contributed by atoms with van der Waals surface area (Å²) in [5, 5.41) is 2.08. The molecule has 2 rings (SSSR count). The smallest absolute Gasteiger partial charge is 0.239 e. The normalized spacial score (nSPS) is 18.5. The minimum atomic E-state index is -0.393. The summed E-state index contributed by atoms with van der Waals surface area (Å²) in [4.78, 5) is 20.4. The van der Waals surface area contributed by atoms with Gasteiger partial charge in [-0.25, -0.2) is 4.98 Å². The predicted octanol–water partition coefficient (Wildman–Crippen LogP) is 0.946. The highest BCUT2D eigenvalue weighted by Crippen LogP contribution is 2.09. The molecule has 108 valence electrons. The maximum absolute atomic E-state index is 11.8. The number of aromatic nitrogens is 1. The molecular formula is C12H21ClN4OS. The Bertz CT molecular complexity index is 385. The van der Waals surface area contributed by atoms with E-state index in [4.69, 9.17) is 5.73 Å². The molecule has 1 aromatic rings. The summed E-state index contributed by atoms with van der Waals surface area (Å²) in [5.74, 6) is 0.0607. The van der Waals surface area contributed by atoms with E-state index in [1.54, 1.807) is 18.3 Å². The first kappa shape index (κ1) is 16.4. The quantitative estimate of drug-likeness (QED) is 0.903. The van der Waals surface area contributed by atoms with Crippen LogP contribution < -0.4 is 5.73 Å². The van der Waals surface area contributed by atoms with Crippen molar-refractivity contribution in [2.24, 2.45) is 5.73 Å². The number of nitrogens with zero attached hydrogens (tertiary/aromatic N) is 3. The lowest BCUT2D eigenvalue weighted by molar-refractivity contribution is -0.132. The van der Waals surface area contributed by atoms with Crippen molar-refractivity contribution >= 4 is 29.7 Å². The van der Waals surface area contributed by atoms with Crippen molar-refractivity contribution in [1.82, 2.24) is 14.8 Å². The number of carbonyl (C=O) groups is 1. The van der Waals surface area contributed by atoms with Gasteiger partial charge in [-0.05, 0) is 13.3 Å². The molecule has 5 nitrogen and oxygen atoms in total. The molecule has 2 N–H and O–H groups in total. The fourth-order valence-corrected chi connectivity index (χ4v) is 2.73. The standard InChI is InChI=1S/C12H20N4OS.ClH/c1-10(13)12(17)16-4-2-3-15(5-6-16)7-11-8-18-9-14-11;/h8-10H,2-7,13H2,1H3;1H/t10-;/m1./s1. The zero-order valence-electron chi connectivity index (χ0n) is 11.1. The molecule has 1 fully saturated rings. The van der Waals surface area contributed by atoms with Gasteiger partial charge in [0, 0.05) is 38.1 Å². The first-order valence-corrected chi connectivity index (χ1v) is 7.25. The van der Waals surface area contributed by atoms with Crippen molar-refractivity contribution in [2.45, 2.75) is 25.9 Å². The summed E-state index contributed by atoms with van der Waals surface area (Å²) in [7, 11) is 0. The van der Waals surface area contributed by atoms with E-state index in [-0.39, 0.29) is 18.3 Å². The van der Waals surface area contributed by atoms with Gasteiger partial charge in [0.1, 0.15) is 0 Å². The maximum atomic E-state index is 11.8. The molecule has 1 aliphatic rings. The topological polar surface area (TPSA) is 62.5 Å². The van der Waals surface area contributed by atoms with Gasteiger partial charge >= 0.3 is 0 Å². The highest BCUT2D eigenvalue weighted by atomic mass is 35.5. The Hall–Kier alpha value is -0.690. The van der Waals surface area contributed by atoms with E-state index >= 15 is 0 Å². The predicted molar refractivity (Wildman–Crippen MR) is 79.5 cm³/mol. The van der Waals surface area contributed by atoms with E-state index in [0.29, 0.717) is 0 Å². The summed E-state index contributed by atoms with van der Waals surface area (Å²) in [6.07, 6.45) is 1.00. The van der Waals surface area contributed by atoms with E-state index < -0.39 is 6.04 Å². The third kappa shape index (κ3) is 4.72. The molecule has 1 atom stereocenters. The Morgan fingerprint density at radius 3 is 2.89 bits per heavy atom. The molecular weight excluding hydrogens is 284 g/mol. The van der Waals surface area contributed by atoms with Crippen LogP contribution in [0.15, 0.2) is 10.9 Å². The Morgan fingerprint density at radius 2 is 2.26 bits per heavy atom. The van der Waals surface area contributed by atoms with Gasteiger partial charge in [-0.2, -0.15) is 0 Å². The van der Waals surface area contributed by atoms with Crippen LogP contribution in [0.1, 0.15) is 19.0 Å². The van der Waals surface area contributed by atoms with Crippen LogP contribution >= 0.6 is 23.7 Å². The van der Waals surface area contributed by atoms with Crippen molar-refractivity contribution in [1.29, 1.82) is 0 Å². The highest BCUT2D eigenvalue weighted by Gasteiger charge is 2.21. The van der Waals surface area contributed by atoms with Crippen LogP contribution in [-0.4, -0.2) is 52.9 Å². The number of nitrogens with two attached hydrogens (primary N) is 1.